The van der Waals surface area contributed by atoms with E-state index in [2.05, 4.69) is 5.32 Å². The van der Waals surface area contributed by atoms with Gasteiger partial charge >= 0.3 is 0 Å². The molecule has 0 aliphatic carbocycles. The molecule has 0 bridgehead atoms. The third kappa shape index (κ3) is 5.55. The number of benzene rings is 2. The lowest BCUT2D eigenvalue weighted by molar-refractivity contribution is -0.384. The normalized spacial score (nSPS) is 9.57. The Balaban J connectivity index is 0.000000231. The van der Waals surface area contributed by atoms with Crippen molar-refractivity contribution in [1.82, 2.24) is 0 Å². The van der Waals surface area contributed by atoms with Gasteiger partial charge in [0.15, 0.2) is 0 Å². The summed E-state index contributed by atoms with van der Waals surface area (Å²) in [6.07, 6.45) is 0. The summed E-state index contributed by atoms with van der Waals surface area (Å²) in [7, 11) is 1.61. The lowest BCUT2D eigenvalue weighted by atomic mass is 10.3. The summed E-state index contributed by atoms with van der Waals surface area (Å²) >= 11 is 16.7. The highest BCUT2D eigenvalue weighted by Crippen LogP contribution is 2.27. The van der Waals surface area contributed by atoms with Crippen LogP contribution < -0.4 is 5.32 Å². The third-order valence-electron chi connectivity index (χ3n) is 2.53. The highest BCUT2D eigenvalue weighted by molar-refractivity contribution is 6.35. The Morgan fingerprint density at radius 1 is 0.870 bits per heavy atom. The monoisotopic (exact) mass is 377 g/mol. The van der Waals surface area contributed by atoms with E-state index in [1.807, 2.05) is 0 Å². The van der Waals surface area contributed by atoms with Crippen LogP contribution in [0.1, 0.15) is 0 Å². The number of hydrogen-bond donors (Lipinski definition) is 1. The molecule has 0 heterocycles. The summed E-state index contributed by atoms with van der Waals surface area (Å²) in [5.74, 6) is 0. The molecule has 122 valence electrons. The average Bonchev–Trinajstić information content (AvgIpc) is 2.46. The van der Waals surface area contributed by atoms with Crippen LogP contribution in [-0.4, -0.2) is 16.9 Å². The number of anilines is 1. The fourth-order valence-electron chi connectivity index (χ4n) is 1.50. The first-order valence-electron chi connectivity index (χ1n) is 5.97. The molecule has 0 aliphatic rings. The molecule has 2 rings (SSSR count). The van der Waals surface area contributed by atoms with E-state index < -0.39 is 9.85 Å². The molecule has 0 radical (unpaired) electrons. The fraction of sp³-hybridized carbons (Fsp3) is 0.0769. The predicted octanol–water partition coefficient (Wildman–Crippen LogP) is 5.19. The van der Waals surface area contributed by atoms with Gasteiger partial charge in [0.2, 0.25) is 0 Å². The van der Waals surface area contributed by atoms with Gasteiger partial charge in [-0.15, -0.1) is 0 Å². The van der Waals surface area contributed by atoms with E-state index in [4.69, 9.17) is 34.8 Å². The van der Waals surface area contributed by atoms with Crippen molar-refractivity contribution in [3.05, 3.63) is 71.7 Å². The molecule has 0 spiro atoms. The largest absolute Gasteiger partial charge is 0.383 e. The van der Waals surface area contributed by atoms with Crippen LogP contribution in [0.3, 0.4) is 0 Å². The summed E-state index contributed by atoms with van der Waals surface area (Å²) in [6, 6.07) is 8.39. The van der Waals surface area contributed by atoms with Gasteiger partial charge in [-0.2, -0.15) is 0 Å². The van der Waals surface area contributed by atoms with Gasteiger partial charge in [0, 0.05) is 29.2 Å². The van der Waals surface area contributed by atoms with Crippen LogP contribution in [0.4, 0.5) is 17.1 Å². The first kappa shape index (κ1) is 19.0. The van der Waals surface area contributed by atoms with Gasteiger partial charge in [0.1, 0.15) is 10.7 Å². The molecule has 0 aliphatic heterocycles. The van der Waals surface area contributed by atoms with Gasteiger partial charge in [-0.1, -0.05) is 34.8 Å². The number of nitrogens with zero attached hydrogens (tertiary/aromatic N) is 2. The summed E-state index contributed by atoms with van der Waals surface area (Å²) in [4.78, 5) is 19.6. The number of nitrogens with one attached hydrogen (secondary N) is 1. The van der Waals surface area contributed by atoms with Crippen molar-refractivity contribution in [3.63, 3.8) is 0 Å². The van der Waals surface area contributed by atoms with E-state index in [1.165, 1.54) is 36.4 Å². The lowest BCUT2D eigenvalue weighted by Crippen LogP contribution is -1.95. The van der Waals surface area contributed by atoms with Crippen molar-refractivity contribution in [1.29, 1.82) is 0 Å². The topological polar surface area (TPSA) is 98.3 Å². The molecule has 23 heavy (non-hydrogen) atoms. The Kier molecular flexibility index (Phi) is 7.02. The zero-order valence-corrected chi connectivity index (χ0v) is 13.9. The molecule has 0 atom stereocenters. The van der Waals surface area contributed by atoms with Crippen LogP contribution in [0.25, 0.3) is 0 Å². The quantitative estimate of drug-likeness (QED) is 0.585. The molecule has 0 amide bonds. The second-order valence-electron chi connectivity index (χ2n) is 4.02. The van der Waals surface area contributed by atoms with Gasteiger partial charge in [0.25, 0.3) is 11.4 Å². The Morgan fingerprint density at radius 3 is 1.78 bits per heavy atom. The van der Waals surface area contributed by atoms with Crippen LogP contribution in [0.2, 0.25) is 15.1 Å². The van der Waals surface area contributed by atoms with Crippen LogP contribution in [0.5, 0.6) is 0 Å². The Morgan fingerprint density at radius 2 is 1.35 bits per heavy atom. The minimum atomic E-state index is -0.557. The third-order valence-corrected chi connectivity index (χ3v) is 3.30. The zero-order chi connectivity index (χ0) is 17.6. The van der Waals surface area contributed by atoms with Crippen molar-refractivity contribution in [2.75, 3.05) is 12.4 Å². The summed E-state index contributed by atoms with van der Waals surface area (Å²) in [5, 5.41) is 24.2. The zero-order valence-electron chi connectivity index (χ0n) is 11.6. The molecule has 2 aromatic carbocycles. The summed E-state index contributed by atoms with van der Waals surface area (Å²) < 4.78 is 0. The number of rotatable bonds is 3. The van der Waals surface area contributed by atoms with Crippen molar-refractivity contribution >= 4 is 51.9 Å². The van der Waals surface area contributed by atoms with Gasteiger partial charge in [-0.3, -0.25) is 20.2 Å². The molecule has 0 aromatic heterocycles. The smallest absolute Gasteiger partial charge is 0.292 e. The molecular formula is C13H10Cl3N3O4. The summed E-state index contributed by atoms with van der Waals surface area (Å²) in [5.41, 5.74) is 0.325. The maximum absolute atomic E-state index is 10.4. The second kappa shape index (κ2) is 8.52. The van der Waals surface area contributed by atoms with E-state index in [0.29, 0.717) is 15.7 Å². The van der Waals surface area contributed by atoms with Gasteiger partial charge in [0.05, 0.1) is 9.85 Å². The second-order valence-corrected chi connectivity index (χ2v) is 5.30. The molecule has 10 heteroatoms. The maximum atomic E-state index is 10.4. The number of nitro groups is 2. The molecule has 2 aromatic rings. The highest BCUT2D eigenvalue weighted by Gasteiger charge is 2.12. The van der Waals surface area contributed by atoms with E-state index in [-0.39, 0.29) is 16.4 Å². The minimum Gasteiger partial charge on any atom is -0.383 e. The number of halogens is 3. The molecule has 0 saturated heterocycles. The van der Waals surface area contributed by atoms with E-state index in [1.54, 1.807) is 7.05 Å². The van der Waals surface area contributed by atoms with E-state index in [9.17, 15) is 20.2 Å². The molecule has 1 N–H and O–H groups in total. The molecule has 7 nitrogen and oxygen atoms in total. The van der Waals surface area contributed by atoms with E-state index in [0.717, 1.165) is 0 Å². The van der Waals surface area contributed by atoms with Crippen molar-refractivity contribution in [2.45, 2.75) is 0 Å². The van der Waals surface area contributed by atoms with Crippen LogP contribution in [-0.2, 0) is 0 Å². The van der Waals surface area contributed by atoms with Crippen LogP contribution in [0.15, 0.2) is 36.4 Å². The van der Waals surface area contributed by atoms with Crippen LogP contribution in [0, 0.1) is 20.2 Å². The van der Waals surface area contributed by atoms with Crippen molar-refractivity contribution in [3.8, 4) is 0 Å². The minimum absolute atomic E-state index is 0.0295. The molecule has 0 saturated carbocycles. The summed E-state index contributed by atoms with van der Waals surface area (Å²) in [6.45, 7) is 0. The Hall–Kier alpha value is -2.09. The first-order chi connectivity index (χ1) is 10.8. The van der Waals surface area contributed by atoms with E-state index >= 15 is 0 Å². The molecular weight excluding hydrogens is 369 g/mol. The SMILES string of the molecule is CNc1cc(Cl)ccc1[N+](=O)[O-].O=[N+]([O-])c1ccc(Cl)cc1Cl. The molecule has 0 unspecified atom stereocenters. The van der Waals surface area contributed by atoms with Crippen molar-refractivity contribution in [2.24, 2.45) is 0 Å². The van der Waals surface area contributed by atoms with Crippen LogP contribution >= 0.6 is 34.8 Å². The van der Waals surface area contributed by atoms with Gasteiger partial charge < -0.3 is 5.32 Å². The van der Waals surface area contributed by atoms with Gasteiger partial charge in [-0.05, 0) is 24.3 Å². The number of nitro benzene ring substituents is 2. The first-order valence-corrected chi connectivity index (χ1v) is 7.10. The average molecular weight is 379 g/mol. The highest BCUT2D eigenvalue weighted by atomic mass is 35.5. The fourth-order valence-corrected chi connectivity index (χ4v) is 2.15. The Bertz CT molecular complexity index is 740. The number of hydrogen-bond acceptors (Lipinski definition) is 5. The molecule has 0 fully saturated rings. The standard InChI is InChI=1S/C7H7ClN2O2.C6H3Cl2NO2/c1-9-6-4-5(8)2-3-7(6)10(11)12;7-4-1-2-6(9(10)11)5(8)3-4/h2-4,9H,1H3;1-3H. The predicted molar refractivity (Wildman–Crippen MR) is 90.8 cm³/mol. The van der Waals surface area contributed by atoms with Gasteiger partial charge in [-0.25, -0.2) is 0 Å². The Labute approximate surface area is 146 Å². The van der Waals surface area contributed by atoms with Crippen molar-refractivity contribution < 1.29 is 9.85 Å². The lowest BCUT2D eigenvalue weighted by Gasteiger charge is -2.00. The maximum Gasteiger partial charge on any atom is 0.292 e.